The molecule has 3 aromatic heterocycles. The summed E-state index contributed by atoms with van der Waals surface area (Å²) in [5.74, 6) is 0.572. The van der Waals surface area contributed by atoms with E-state index in [1.165, 1.54) is 11.3 Å². The van der Waals surface area contributed by atoms with Crippen LogP contribution in [0.15, 0.2) is 35.1 Å². The zero-order chi connectivity index (χ0) is 14.1. The molecule has 0 atom stereocenters. The van der Waals surface area contributed by atoms with E-state index in [9.17, 15) is 4.79 Å². The van der Waals surface area contributed by atoms with Gasteiger partial charge in [0.2, 0.25) is 0 Å². The second kappa shape index (κ2) is 4.93. The summed E-state index contributed by atoms with van der Waals surface area (Å²) in [5.41, 5.74) is 6.48. The van der Waals surface area contributed by atoms with Gasteiger partial charge in [0, 0.05) is 12.4 Å². The van der Waals surface area contributed by atoms with E-state index in [0.717, 1.165) is 11.1 Å². The Morgan fingerprint density at radius 1 is 1.50 bits per heavy atom. The normalized spacial score (nSPS) is 10.8. The largest absolute Gasteiger partial charge is 0.467 e. The molecule has 102 valence electrons. The van der Waals surface area contributed by atoms with Crippen molar-refractivity contribution in [2.45, 2.75) is 6.54 Å². The predicted molar refractivity (Wildman–Crippen MR) is 76.3 cm³/mol. The fourth-order valence-corrected chi connectivity index (χ4v) is 2.95. The molecule has 0 aromatic carbocycles. The van der Waals surface area contributed by atoms with E-state index in [1.54, 1.807) is 36.5 Å². The lowest BCUT2D eigenvalue weighted by molar-refractivity contribution is 0.0781. The number of carbonyl (C=O) groups is 1. The lowest BCUT2D eigenvalue weighted by atomic mass is 10.2. The van der Waals surface area contributed by atoms with Crippen LogP contribution in [-0.4, -0.2) is 28.1 Å². The first kappa shape index (κ1) is 12.6. The number of nitrogens with two attached hydrogens (primary N) is 1. The van der Waals surface area contributed by atoms with Crippen molar-refractivity contribution in [1.82, 2.24) is 15.1 Å². The van der Waals surface area contributed by atoms with Crippen molar-refractivity contribution in [3.05, 3.63) is 41.3 Å². The molecule has 3 rings (SSSR count). The van der Waals surface area contributed by atoms with Crippen LogP contribution in [0.5, 0.6) is 0 Å². The lowest BCUT2D eigenvalue weighted by Gasteiger charge is -2.14. The van der Waals surface area contributed by atoms with E-state index in [1.807, 2.05) is 6.07 Å². The number of nitrogens with zero attached hydrogens (tertiary/aromatic N) is 3. The number of nitrogen functional groups attached to an aromatic ring is 1. The van der Waals surface area contributed by atoms with Gasteiger partial charge in [-0.15, -0.1) is 16.4 Å². The average molecular weight is 288 g/mol. The van der Waals surface area contributed by atoms with Gasteiger partial charge in [-0.2, -0.15) is 5.10 Å². The van der Waals surface area contributed by atoms with Crippen molar-refractivity contribution in [3.8, 4) is 0 Å². The van der Waals surface area contributed by atoms with Crippen LogP contribution in [-0.2, 0) is 6.54 Å². The van der Waals surface area contributed by atoms with Crippen molar-refractivity contribution in [1.29, 1.82) is 0 Å². The summed E-state index contributed by atoms with van der Waals surface area (Å²) >= 11 is 1.25. The molecule has 0 aliphatic rings. The van der Waals surface area contributed by atoms with Crippen LogP contribution in [0.1, 0.15) is 15.4 Å². The first-order valence-corrected chi connectivity index (χ1v) is 6.76. The van der Waals surface area contributed by atoms with Gasteiger partial charge < -0.3 is 15.1 Å². The number of hydrogen-bond acceptors (Lipinski definition) is 6. The van der Waals surface area contributed by atoms with E-state index >= 15 is 0 Å². The topological polar surface area (TPSA) is 85.2 Å². The van der Waals surface area contributed by atoms with Crippen molar-refractivity contribution in [2.24, 2.45) is 0 Å². The summed E-state index contributed by atoms with van der Waals surface area (Å²) in [7, 11) is 1.71. The molecule has 0 aliphatic heterocycles. The van der Waals surface area contributed by atoms with Gasteiger partial charge in [0.15, 0.2) is 0 Å². The van der Waals surface area contributed by atoms with E-state index in [-0.39, 0.29) is 5.91 Å². The molecule has 6 nitrogen and oxygen atoms in total. The molecule has 3 heterocycles. The molecule has 0 saturated carbocycles. The summed E-state index contributed by atoms with van der Waals surface area (Å²) < 4.78 is 5.24. The lowest BCUT2D eigenvalue weighted by Crippen LogP contribution is -2.25. The predicted octanol–water partition coefficient (Wildman–Crippen LogP) is 2.14. The number of aromatic nitrogens is 2. The first-order valence-electron chi connectivity index (χ1n) is 5.94. The van der Waals surface area contributed by atoms with Crippen LogP contribution < -0.4 is 5.73 Å². The molecule has 0 unspecified atom stereocenters. The Labute approximate surface area is 118 Å². The molecule has 0 radical (unpaired) electrons. The van der Waals surface area contributed by atoms with Gasteiger partial charge in [0.1, 0.15) is 15.5 Å². The van der Waals surface area contributed by atoms with Crippen LogP contribution in [0.2, 0.25) is 0 Å². The number of hydrogen-bond donors (Lipinski definition) is 1. The minimum Gasteiger partial charge on any atom is -0.467 e. The monoisotopic (exact) mass is 288 g/mol. The minimum absolute atomic E-state index is 0.151. The number of fused-ring (bicyclic) bond motifs is 1. The maximum atomic E-state index is 12.4. The Bertz CT molecular complexity index is 751. The standard InChI is InChI=1S/C13H12N4O2S/c1-17(7-8-3-2-6-19-8)13(18)11-10(14)9-4-5-15-16-12(9)20-11/h2-6H,7,14H2,1H3. The maximum absolute atomic E-state index is 12.4. The highest BCUT2D eigenvalue weighted by molar-refractivity contribution is 7.21. The summed E-state index contributed by atoms with van der Waals surface area (Å²) in [6, 6.07) is 5.37. The van der Waals surface area contributed by atoms with Crippen LogP contribution in [0.3, 0.4) is 0 Å². The van der Waals surface area contributed by atoms with E-state index in [2.05, 4.69) is 10.2 Å². The van der Waals surface area contributed by atoms with Gasteiger partial charge >= 0.3 is 0 Å². The van der Waals surface area contributed by atoms with Crippen LogP contribution in [0, 0.1) is 0 Å². The fourth-order valence-electron chi connectivity index (χ4n) is 1.91. The molecule has 1 amide bonds. The highest BCUT2D eigenvalue weighted by Crippen LogP contribution is 2.32. The summed E-state index contributed by atoms with van der Waals surface area (Å²) in [4.78, 5) is 15.1. The summed E-state index contributed by atoms with van der Waals surface area (Å²) in [6.45, 7) is 0.394. The minimum atomic E-state index is -0.151. The second-order valence-corrected chi connectivity index (χ2v) is 5.33. The van der Waals surface area contributed by atoms with Gasteiger partial charge in [0.05, 0.1) is 24.7 Å². The van der Waals surface area contributed by atoms with Crippen molar-refractivity contribution in [3.63, 3.8) is 0 Å². The highest BCUT2D eigenvalue weighted by atomic mass is 32.1. The summed E-state index contributed by atoms with van der Waals surface area (Å²) in [5, 5.41) is 8.54. The van der Waals surface area contributed by atoms with E-state index < -0.39 is 0 Å². The number of rotatable bonds is 3. The Balaban J connectivity index is 1.90. The van der Waals surface area contributed by atoms with Crippen molar-refractivity contribution in [2.75, 3.05) is 12.8 Å². The highest BCUT2D eigenvalue weighted by Gasteiger charge is 2.21. The van der Waals surface area contributed by atoms with Crippen molar-refractivity contribution >= 4 is 33.1 Å². The molecule has 0 aliphatic carbocycles. The van der Waals surface area contributed by atoms with Crippen LogP contribution >= 0.6 is 11.3 Å². The quantitative estimate of drug-likeness (QED) is 0.798. The first-order chi connectivity index (χ1) is 9.66. The number of carbonyl (C=O) groups excluding carboxylic acids is 1. The van der Waals surface area contributed by atoms with E-state index in [4.69, 9.17) is 10.2 Å². The number of amides is 1. The Morgan fingerprint density at radius 3 is 3.05 bits per heavy atom. The summed E-state index contributed by atoms with van der Waals surface area (Å²) in [6.07, 6.45) is 3.14. The zero-order valence-electron chi connectivity index (χ0n) is 10.7. The molecule has 0 bridgehead atoms. The SMILES string of the molecule is CN(Cc1ccco1)C(=O)c1sc2nnccc2c1N. The maximum Gasteiger partial charge on any atom is 0.266 e. The molecular weight excluding hydrogens is 276 g/mol. The van der Waals surface area contributed by atoms with Gasteiger partial charge in [-0.1, -0.05) is 0 Å². The second-order valence-electron chi connectivity index (χ2n) is 4.34. The number of anilines is 1. The van der Waals surface area contributed by atoms with Gasteiger partial charge in [-0.3, -0.25) is 4.79 Å². The fraction of sp³-hybridized carbons (Fsp3) is 0.154. The molecule has 3 aromatic rings. The average Bonchev–Trinajstić information content (AvgIpc) is 3.07. The Hall–Kier alpha value is -2.41. The molecular formula is C13H12N4O2S. The Morgan fingerprint density at radius 2 is 2.35 bits per heavy atom. The zero-order valence-corrected chi connectivity index (χ0v) is 11.6. The van der Waals surface area contributed by atoms with Gasteiger partial charge in [-0.05, 0) is 18.2 Å². The van der Waals surface area contributed by atoms with Crippen molar-refractivity contribution < 1.29 is 9.21 Å². The third-order valence-corrected chi connectivity index (χ3v) is 4.03. The molecule has 20 heavy (non-hydrogen) atoms. The number of furan rings is 1. The van der Waals surface area contributed by atoms with Gasteiger partial charge in [0.25, 0.3) is 5.91 Å². The molecule has 2 N–H and O–H groups in total. The van der Waals surface area contributed by atoms with Crippen LogP contribution in [0.4, 0.5) is 5.69 Å². The third-order valence-electron chi connectivity index (χ3n) is 2.93. The third kappa shape index (κ3) is 2.12. The van der Waals surface area contributed by atoms with Gasteiger partial charge in [-0.25, -0.2) is 0 Å². The van der Waals surface area contributed by atoms with E-state index in [0.29, 0.717) is 21.9 Å². The smallest absolute Gasteiger partial charge is 0.266 e. The van der Waals surface area contributed by atoms with Crippen LogP contribution in [0.25, 0.3) is 10.2 Å². The molecule has 0 fully saturated rings. The molecule has 0 spiro atoms. The Kier molecular flexibility index (Phi) is 3.11. The molecule has 0 saturated heterocycles. The number of thiophene rings is 1. The molecule has 7 heteroatoms.